The van der Waals surface area contributed by atoms with Crippen molar-refractivity contribution >= 4 is 40.0 Å². The Balaban J connectivity index is 1.35. The van der Waals surface area contributed by atoms with Crippen LogP contribution in [0.3, 0.4) is 0 Å². The van der Waals surface area contributed by atoms with E-state index in [1.807, 2.05) is 54.6 Å². The van der Waals surface area contributed by atoms with Gasteiger partial charge in [0.2, 0.25) is 5.91 Å². The molecule has 0 aliphatic heterocycles. The average molecular weight is 386 g/mol. The molecule has 0 heterocycles. The molecule has 1 N–H and O–H groups in total. The molecule has 0 unspecified atom stereocenters. The quantitative estimate of drug-likeness (QED) is 0.559. The maximum absolute atomic E-state index is 11.9. The molecule has 0 spiro atoms. The van der Waals surface area contributed by atoms with Crippen molar-refractivity contribution in [3.05, 3.63) is 77.3 Å². The third-order valence-corrected chi connectivity index (χ3v) is 5.21. The fourth-order valence-corrected chi connectivity index (χ4v) is 3.68. The Morgan fingerprint density at radius 1 is 1.00 bits per heavy atom. The molecule has 0 saturated heterocycles. The minimum atomic E-state index is 0.00386. The first-order chi connectivity index (χ1) is 12.7. The molecule has 0 radical (unpaired) electrons. The van der Waals surface area contributed by atoms with Gasteiger partial charge in [-0.3, -0.25) is 4.79 Å². The van der Waals surface area contributed by atoms with Crippen LogP contribution in [0.5, 0.6) is 5.75 Å². The van der Waals surface area contributed by atoms with Crippen molar-refractivity contribution in [2.24, 2.45) is 0 Å². The number of halogens is 1. The molecule has 0 fully saturated rings. The van der Waals surface area contributed by atoms with E-state index < -0.39 is 0 Å². The molecule has 0 saturated carbocycles. The van der Waals surface area contributed by atoms with E-state index in [0.29, 0.717) is 18.9 Å². The van der Waals surface area contributed by atoms with Crippen LogP contribution in [0.1, 0.15) is 5.56 Å². The lowest BCUT2D eigenvalue weighted by Crippen LogP contribution is -2.29. The molecule has 0 bridgehead atoms. The summed E-state index contributed by atoms with van der Waals surface area (Å²) < 4.78 is 5.72. The van der Waals surface area contributed by atoms with Crippen molar-refractivity contribution in [3.63, 3.8) is 0 Å². The molecule has 1 amide bonds. The maximum atomic E-state index is 11.9. The highest BCUT2D eigenvalue weighted by atomic mass is 35.5. The monoisotopic (exact) mass is 385 g/mol. The van der Waals surface area contributed by atoms with E-state index in [1.54, 1.807) is 11.8 Å². The van der Waals surface area contributed by atoms with Crippen LogP contribution in [0, 0.1) is 0 Å². The van der Waals surface area contributed by atoms with Gasteiger partial charge in [-0.25, -0.2) is 0 Å². The fraction of sp³-hybridized carbons (Fsp3) is 0.190. The Morgan fingerprint density at radius 2 is 1.77 bits per heavy atom. The normalized spacial score (nSPS) is 10.7. The second-order valence-electron chi connectivity index (χ2n) is 5.79. The van der Waals surface area contributed by atoms with Crippen molar-refractivity contribution in [1.82, 2.24) is 5.32 Å². The number of fused-ring (bicyclic) bond motifs is 1. The zero-order valence-corrected chi connectivity index (χ0v) is 15.9. The first kappa shape index (κ1) is 18.6. The Morgan fingerprint density at radius 3 is 2.62 bits per heavy atom. The van der Waals surface area contributed by atoms with Crippen LogP contribution >= 0.6 is 23.4 Å². The number of carbonyl (C=O) groups is 1. The molecule has 0 aliphatic carbocycles. The summed E-state index contributed by atoms with van der Waals surface area (Å²) in [6.07, 6.45) is 0. The third-order valence-electron chi connectivity index (χ3n) is 3.86. The summed E-state index contributed by atoms with van der Waals surface area (Å²) in [4.78, 5) is 11.9. The summed E-state index contributed by atoms with van der Waals surface area (Å²) in [5.41, 5.74) is 1.05. The first-order valence-electron chi connectivity index (χ1n) is 8.42. The number of amides is 1. The summed E-state index contributed by atoms with van der Waals surface area (Å²) in [5.74, 6) is 1.94. The molecular formula is C21H20ClNO2S. The van der Waals surface area contributed by atoms with E-state index in [9.17, 15) is 4.79 Å². The predicted octanol–water partition coefficient (Wildman–Crippen LogP) is 4.92. The van der Waals surface area contributed by atoms with E-state index in [0.717, 1.165) is 27.5 Å². The van der Waals surface area contributed by atoms with Crippen molar-refractivity contribution < 1.29 is 9.53 Å². The highest BCUT2D eigenvalue weighted by Gasteiger charge is 2.04. The highest BCUT2D eigenvalue weighted by molar-refractivity contribution is 7.99. The van der Waals surface area contributed by atoms with E-state index in [4.69, 9.17) is 16.3 Å². The number of ether oxygens (including phenoxy) is 1. The molecule has 3 rings (SSSR count). The highest BCUT2D eigenvalue weighted by Crippen LogP contribution is 2.21. The standard InChI is InChI=1S/C21H20ClNO2S/c22-20-8-4-3-7-18(20)14-26-15-21(24)23-11-12-25-19-10-9-16-5-1-2-6-17(16)13-19/h1-10,13H,11-12,14-15H2,(H,23,24). The van der Waals surface area contributed by atoms with Gasteiger partial charge in [-0.2, -0.15) is 0 Å². The molecule has 0 aliphatic rings. The molecule has 3 aromatic rings. The van der Waals surface area contributed by atoms with Crippen LogP contribution in [0.2, 0.25) is 5.02 Å². The average Bonchev–Trinajstić information content (AvgIpc) is 2.67. The maximum Gasteiger partial charge on any atom is 0.230 e. The second kappa shape index (κ2) is 9.51. The van der Waals surface area contributed by atoms with Crippen LogP contribution < -0.4 is 10.1 Å². The molecule has 134 valence electrons. The summed E-state index contributed by atoms with van der Waals surface area (Å²) >= 11 is 7.65. The number of benzene rings is 3. The van der Waals surface area contributed by atoms with Gasteiger partial charge in [0.25, 0.3) is 0 Å². The van der Waals surface area contributed by atoms with Gasteiger partial charge in [-0.1, -0.05) is 60.1 Å². The Hall–Kier alpha value is -2.17. The molecule has 3 nitrogen and oxygen atoms in total. The number of rotatable bonds is 8. The minimum absolute atomic E-state index is 0.00386. The lowest BCUT2D eigenvalue weighted by molar-refractivity contribution is -0.118. The predicted molar refractivity (Wildman–Crippen MR) is 110 cm³/mol. The lowest BCUT2D eigenvalue weighted by atomic mass is 10.1. The Bertz CT molecular complexity index is 885. The van der Waals surface area contributed by atoms with Gasteiger partial charge in [0, 0.05) is 10.8 Å². The van der Waals surface area contributed by atoms with E-state index in [1.165, 1.54) is 5.39 Å². The summed E-state index contributed by atoms with van der Waals surface area (Å²) in [5, 5.41) is 5.94. The number of nitrogens with one attached hydrogen (secondary N) is 1. The fourth-order valence-electron chi connectivity index (χ4n) is 2.54. The van der Waals surface area contributed by atoms with Gasteiger partial charge >= 0.3 is 0 Å². The van der Waals surface area contributed by atoms with Crippen molar-refractivity contribution in [2.75, 3.05) is 18.9 Å². The third kappa shape index (κ3) is 5.41. The van der Waals surface area contributed by atoms with Gasteiger partial charge < -0.3 is 10.1 Å². The molecular weight excluding hydrogens is 366 g/mol. The topological polar surface area (TPSA) is 38.3 Å². The van der Waals surface area contributed by atoms with Crippen LogP contribution in [0.25, 0.3) is 10.8 Å². The molecule has 3 aromatic carbocycles. The SMILES string of the molecule is O=C(CSCc1ccccc1Cl)NCCOc1ccc2ccccc2c1. The zero-order chi connectivity index (χ0) is 18.2. The van der Waals surface area contributed by atoms with Gasteiger partial charge in [0.15, 0.2) is 0 Å². The van der Waals surface area contributed by atoms with E-state index >= 15 is 0 Å². The van der Waals surface area contributed by atoms with E-state index in [-0.39, 0.29) is 5.91 Å². The Labute approximate surface area is 162 Å². The van der Waals surface area contributed by atoms with Crippen molar-refractivity contribution in [3.8, 4) is 5.75 Å². The van der Waals surface area contributed by atoms with Gasteiger partial charge in [-0.05, 0) is 34.5 Å². The van der Waals surface area contributed by atoms with Crippen molar-refractivity contribution in [2.45, 2.75) is 5.75 Å². The van der Waals surface area contributed by atoms with Crippen LogP contribution in [0.15, 0.2) is 66.7 Å². The second-order valence-corrected chi connectivity index (χ2v) is 7.18. The van der Waals surface area contributed by atoms with Gasteiger partial charge in [0.05, 0.1) is 12.3 Å². The number of hydrogen-bond donors (Lipinski definition) is 1. The minimum Gasteiger partial charge on any atom is -0.492 e. The van der Waals surface area contributed by atoms with Gasteiger partial charge in [-0.15, -0.1) is 11.8 Å². The molecule has 5 heteroatoms. The molecule has 26 heavy (non-hydrogen) atoms. The summed E-state index contributed by atoms with van der Waals surface area (Å²) in [6.45, 7) is 0.928. The van der Waals surface area contributed by atoms with Crippen LogP contribution in [0.4, 0.5) is 0 Å². The summed E-state index contributed by atoms with van der Waals surface area (Å²) in [7, 11) is 0. The zero-order valence-electron chi connectivity index (χ0n) is 14.3. The smallest absolute Gasteiger partial charge is 0.230 e. The Kier molecular flexibility index (Phi) is 6.81. The lowest BCUT2D eigenvalue weighted by Gasteiger charge is -2.09. The van der Waals surface area contributed by atoms with E-state index in [2.05, 4.69) is 17.4 Å². The molecule has 0 atom stereocenters. The number of carbonyl (C=O) groups excluding carboxylic acids is 1. The summed E-state index contributed by atoms with van der Waals surface area (Å²) in [6, 6.07) is 21.8. The van der Waals surface area contributed by atoms with Crippen LogP contribution in [-0.4, -0.2) is 24.8 Å². The first-order valence-corrected chi connectivity index (χ1v) is 9.95. The molecule has 0 aromatic heterocycles. The number of thioether (sulfide) groups is 1. The largest absolute Gasteiger partial charge is 0.492 e. The van der Waals surface area contributed by atoms with Crippen molar-refractivity contribution in [1.29, 1.82) is 0 Å². The van der Waals surface area contributed by atoms with Crippen LogP contribution in [-0.2, 0) is 10.5 Å². The number of hydrogen-bond acceptors (Lipinski definition) is 3. The van der Waals surface area contributed by atoms with Gasteiger partial charge in [0.1, 0.15) is 12.4 Å².